The highest BCUT2D eigenvalue weighted by Crippen LogP contribution is 2.24. The van der Waals surface area contributed by atoms with E-state index in [1.54, 1.807) is 16.2 Å². The lowest BCUT2D eigenvalue weighted by Gasteiger charge is -2.26. The van der Waals surface area contributed by atoms with Crippen molar-refractivity contribution in [3.63, 3.8) is 0 Å². The Labute approximate surface area is 120 Å². The van der Waals surface area contributed by atoms with Gasteiger partial charge in [0.2, 0.25) is 0 Å². The molecule has 96 valence electrons. The summed E-state index contributed by atoms with van der Waals surface area (Å²) in [6.45, 7) is 3.39. The van der Waals surface area contributed by atoms with E-state index in [4.69, 9.17) is 11.6 Å². The highest BCUT2D eigenvalue weighted by Gasteiger charge is 2.17. The average molecular weight is 299 g/mol. The van der Waals surface area contributed by atoms with Crippen molar-refractivity contribution < 1.29 is 0 Å². The van der Waals surface area contributed by atoms with Gasteiger partial charge in [-0.25, -0.2) is 4.98 Å². The highest BCUT2D eigenvalue weighted by atomic mass is 35.5. The average Bonchev–Trinajstić information content (AvgIpc) is 3.04. The number of fused-ring (bicyclic) bond motifs is 1. The Morgan fingerprint density at radius 3 is 3.17 bits per heavy atom. The van der Waals surface area contributed by atoms with E-state index in [1.807, 2.05) is 11.3 Å². The SMILES string of the molecule is ClCc1csc(CCN2CCc3sccc3C2)n1. The summed E-state index contributed by atoms with van der Waals surface area (Å²) < 4.78 is 0. The third-order valence-electron chi connectivity index (χ3n) is 3.26. The van der Waals surface area contributed by atoms with Crippen molar-refractivity contribution in [3.8, 4) is 0 Å². The molecule has 0 atom stereocenters. The molecule has 1 aliphatic heterocycles. The third kappa shape index (κ3) is 2.77. The van der Waals surface area contributed by atoms with Crippen LogP contribution in [0.5, 0.6) is 0 Å². The number of nitrogens with zero attached hydrogens (tertiary/aromatic N) is 2. The molecule has 0 saturated heterocycles. The van der Waals surface area contributed by atoms with Crippen LogP contribution in [-0.4, -0.2) is 23.0 Å². The molecule has 2 aromatic heterocycles. The monoisotopic (exact) mass is 298 g/mol. The topological polar surface area (TPSA) is 16.1 Å². The van der Waals surface area contributed by atoms with Crippen LogP contribution >= 0.6 is 34.3 Å². The van der Waals surface area contributed by atoms with Gasteiger partial charge in [0.15, 0.2) is 0 Å². The molecule has 0 unspecified atom stereocenters. The molecular formula is C13H15ClN2S2. The molecule has 0 amide bonds. The predicted octanol–water partition coefficient (Wildman–Crippen LogP) is 3.54. The summed E-state index contributed by atoms with van der Waals surface area (Å²) >= 11 is 9.39. The quantitative estimate of drug-likeness (QED) is 0.803. The molecule has 2 aromatic rings. The summed E-state index contributed by atoms with van der Waals surface area (Å²) in [5.74, 6) is 0.526. The first-order valence-electron chi connectivity index (χ1n) is 6.12. The van der Waals surface area contributed by atoms with E-state index >= 15 is 0 Å². The van der Waals surface area contributed by atoms with Gasteiger partial charge in [0.25, 0.3) is 0 Å². The summed E-state index contributed by atoms with van der Waals surface area (Å²) in [4.78, 5) is 8.61. The molecule has 3 rings (SSSR count). The van der Waals surface area contributed by atoms with Gasteiger partial charge in [-0.2, -0.15) is 0 Å². The van der Waals surface area contributed by atoms with Gasteiger partial charge in [-0.15, -0.1) is 34.3 Å². The van der Waals surface area contributed by atoms with Crippen LogP contribution in [0.3, 0.4) is 0 Å². The Balaban J connectivity index is 1.55. The molecule has 0 fully saturated rings. The van der Waals surface area contributed by atoms with E-state index in [0.717, 1.165) is 25.2 Å². The van der Waals surface area contributed by atoms with Gasteiger partial charge in [-0.05, 0) is 23.4 Å². The number of hydrogen-bond donors (Lipinski definition) is 0. The van der Waals surface area contributed by atoms with E-state index in [9.17, 15) is 0 Å². The molecule has 0 aromatic carbocycles. The Morgan fingerprint density at radius 2 is 2.33 bits per heavy atom. The van der Waals surface area contributed by atoms with E-state index < -0.39 is 0 Å². The number of thiazole rings is 1. The molecule has 5 heteroatoms. The van der Waals surface area contributed by atoms with Crippen LogP contribution in [0.2, 0.25) is 0 Å². The van der Waals surface area contributed by atoms with Crippen molar-refractivity contribution in [1.29, 1.82) is 0 Å². The Morgan fingerprint density at radius 1 is 1.39 bits per heavy atom. The minimum Gasteiger partial charge on any atom is -0.298 e. The lowest BCUT2D eigenvalue weighted by atomic mass is 10.1. The summed E-state index contributed by atoms with van der Waals surface area (Å²) in [5.41, 5.74) is 2.53. The van der Waals surface area contributed by atoms with Gasteiger partial charge in [-0.1, -0.05) is 0 Å². The van der Waals surface area contributed by atoms with Crippen LogP contribution < -0.4 is 0 Å². The fourth-order valence-electron chi connectivity index (χ4n) is 2.28. The second kappa shape index (κ2) is 5.70. The van der Waals surface area contributed by atoms with Crippen LogP contribution in [-0.2, 0) is 25.3 Å². The minimum atomic E-state index is 0.526. The van der Waals surface area contributed by atoms with Gasteiger partial charge >= 0.3 is 0 Å². The number of halogens is 1. The number of aromatic nitrogens is 1. The zero-order chi connectivity index (χ0) is 12.4. The number of hydrogen-bond acceptors (Lipinski definition) is 4. The second-order valence-corrected chi connectivity index (χ2v) is 6.72. The minimum absolute atomic E-state index is 0.526. The molecule has 0 radical (unpaired) electrons. The Kier molecular flexibility index (Phi) is 3.99. The molecule has 3 heterocycles. The molecule has 0 bridgehead atoms. The van der Waals surface area contributed by atoms with Crippen LogP contribution in [0.4, 0.5) is 0 Å². The van der Waals surface area contributed by atoms with E-state index in [1.165, 1.54) is 23.5 Å². The summed E-state index contributed by atoms with van der Waals surface area (Å²) in [6.07, 6.45) is 2.25. The first-order chi connectivity index (χ1) is 8.85. The normalized spacial score (nSPS) is 15.8. The second-order valence-electron chi connectivity index (χ2n) is 4.51. The van der Waals surface area contributed by atoms with Gasteiger partial charge < -0.3 is 0 Å². The van der Waals surface area contributed by atoms with Crippen LogP contribution in [0.15, 0.2) is 16.8 Å². The third-order valence-corrected chi connectivity index (χ3v) is 5.52. The Hall–Kier alpha value is -0.420. The van der Waals surface area contributed by atoms with Crippen molar-refractivity contribution in [2.24, 2.45) is 0 Å². The lowest BCUT2D eigenvalue weighted by molar-refractivity contribution is 0.259. The van der Waals surface area contributed by atoms with Crippen molar-refractivity contribution in [2.45, 2.75) is 25.3 Å². The van der Waals surface area contributed by atoms with Crippen molar-refractivity contribution in [2.75, 3.05) is 13.1 Å². The van der Waals surface area contributed by atoms with Gasteiger partial charge in [0.05, 0.1) is 16.6 Å². The molecule has 0 aliphatic carbocycles. The maximum Gasteiger partial charge on any atom is 0.0941 e. The zero-order valence-electron chi connectivity index (χ0n) is 10.1. The first-order valence-corrected chi connectivity index (χ1v) is 8.41. The largest absolute Gasteiger partial charge is 0.298 e. The maximum absolute atomic E-state index is 5.77. The number of thiophene rings is 1. The van der Waals surface area contributed by atoms with Gasteiger partial charge in [0.1, 0.15) is 0 Å². The number of alkyl halides is 1. The molecule has 0 N–H and O–H groups in total. The molecule has 2 nitrogen and oxygen atoms in total. The lowest BCUT2D eigenvalue weighted by Crippen LogP contribution is -2.31. The fraction of sp³-hybridized carbons (Fsp3) is 0.462. The summed E-state index contributed by atoms with van der Waals surface area (Å²) in [7, 11) is 0. The van der Waals surface area contributed by atoms with Crippen LogP contribution in [0, 0.1) is 0 Å². The van der Waals surface area contributed by atoms with E-state index in [0.29, 0.717) is 5.88 Å². The smallest absolute Gasteiger partial charge is 0.0941 e. The number of rotatable bonds is 4. The molecule has 0 saturated carbocycles. The van der Waals surface area contributed by atoms with E-state index in [2.05, 4.69) is 26.7 Å². The standard InChI is InChI=1S/C13H15ClN2S2/c14-7-11-9-18-13(15-11)2-5-16-4-1-12-10(8-16)3-6-17-12/h3,6,9H,1-2,4-5,7-8H2. The molecule has 0 spiro atoms. The van der Waals surface area contributed by atoms with Crippen molar-refractivity contribution in [1.82, 2.24) is 9.88 Å². The van der Waals surface area contributed by atoms with E-state index in [-0.39, 0.29) is 0 Å². The fourth-order valence-corrected chi connectivity index (χ4v) is 4.18. The Bertz CT molecular complexity index is 521. The predicted molar refractivity (Wildman–Crippen MR) is 78.7 cm³/mol. The maximum atomic E-state index is 5.77. The van der Waals surface area contributed by atoms with Gasteiger partial charge in [0, 0.05) is 36.3 Å². The first kappa shape index (κ1) is 12.6. The molecular weight excluding hydrogens is 284 g/mol. The van der Waals surface area contributed by atoms with Gasteiger partial charge in [-0.3, -0.25) is 4.90 Å². The zero-order valence-corrected chi connectivity index (χ0v) is 12.5. The van der Waals surface area contributed by atoms with Crippen molar-refractivity contribution in [3.05, 3.63) is 38.0 Å². The molecule has 1 aliphatic rings. The van der Waals surface area contributed by atoms with Crippen LogP contribution in [0.1, 0.15) is 21.1 Å². The summed E-state index contributed by atoms with van der Waals surface area (Å²) in [5, 5.41) is 5.49. The van der Waals surface area contributed by atoms with Crippen LogP contribution in [0.25, 0.3) is 0 Å². The molecule has 18 heavy (non-hydrogen) atoms. The van der Waals surface area contributed by atoms with Crippen molar-refractivity contribution >= 4 is 34.3 Å². The highest BCUT2D eigenvalue weighted by molar-refractivity contribution is 7.10. The summed E-state index contributed by atoms with van der Waals surface area (Å²) in [6, 6.07) is 2.27.